The van der Waals surface area contributed by atoms with Crippen LogP contribution in [-0.4, -0.2) is 22.5 Å². The van der Waals surface area contributed by atoms with Gasteiger partial charge in [0.05, 0.1) is 4.88 Å². The maximum absolute atomic E-state index is 12.3. The zero-order valence-corrected chi connectivity index (χ0v) is 11.9. The lowest BCUT2D eigenvalue weighted by Crippen LogP contribution is -2.53. The second-order valence-electron chi connectivity index (χ2n) is 5.38. The van der Waals surface area contributed by atoms with Crippen LogP contribution in [0.2, 0.25) is 0 Å². The number of benzene rings is 1. The molecule has 0 saturated heterocycles. The zero-order valence-electron chi connectivity index (χ0n) is 11.1. The number of aliphatic carboxylic acids is 1. The molecule has 1 amide bonds. The summed E-state index contributed by atoms with van der Waals surface area (Å²) in [7, 11) is 0. The third kappa shape index (κ3) is 2.18. The van der Waals surface area contributed by atoms with Gasteiger partial charge in [-0.3, -0.25) is 4.79 Å². The van der Waals surface area contributed by atoms with Crippen LogP contribution in [0, 0.1) is 5.92 Å². The van der Waals surface area contributed by atoms with Crippen molar-refractivity contribution in [1.82, 2.24) is 5.32 Å². The van der Waals surface area contributed by atoms with E-state index in [9.17, 15) is 14.7 Å². The molecule has 1 unspecified atom stereocenters. The number of nitrogens with one attached hydrogen (secondary N) is 1. The van der Waals surface area contributed by atoms with Gasteiger partial charge in [-0.05, 0) is 43.2 Å². The molecule has 1 fully saturated rings. The first-order valence-corrected chi connectivity index (χ1v) is 7.37. The molecule has 0 aliphatic heterocycles. The molecule has 5 heteroatoms. The predicted octanol–water partition coefficient (Wildman–Crippen LogP) is 2.88. The van der Waals surface area contributed by atoms with Gasteiger partial charge in [0.2, 0.25) is 0 Å². The maximum atomic E-state index is 12.3. The van der Waals surface area contributed by atoms with Gasteiger partial charge < -0.3 is 10.4 Å². The van der Waals surface area contributed by atoms with Crippen molar-refractivity contribution in [2.75, 3.05) is 0 Å². The molecule has 1 aliphatic carbocycles. The molecular formula is C15H15NO3S. The standard InChI is InChI=1S/C15H15NO3S/c1-15(14(18)19,10-6-7-10)16-13(17)12-8-9-4-2-3-5-11(9)20-12/h2-5,8,10H,6-7H2,1H3,(H,16,17)(H,18,19). The van der Waals surface area contributed by atoms with Crippen molar-refractivity contribution in [3.63, 3.8) is 0 Å². The highest BCUT2D eigenvalue weighted by atomic mass is 32.1. The van der Waals surface area contributed by atoms with E-state index in [2.05, 4.69) is 5.32 Å². The van der Waals surface area contributed by atoms with Gasteiger partial charge in [-0.15, -0.1) is 11.3 Å². The Bertz CT molecular complexity index is 656. The van der Waals surface area contributed by atoms with Gasteiger partial charge in [-0.25, -0.2) is 4.79 Å². The van der Waals surface area contributed by atoms with Crippen molar-refractivity contribution in [2.45, 2.75) is 25.3 Å². The Morgan fingerprint density at radius 1 is 1.35 bits per heavy atom. The molecule has 0 radical (unpaired) electrons. The fraction of sp³-hybridized carbons (Fsp3) is 0.333. The highest BCUT2D eigenvalue weighted by molar-refractivity contribution is 7.20. The number of carboxylic acids is 1. The molecule has 20 heavy (non-hydrogen) atoms. The lowest BCUT2D eigenvalue weighted by atomic mass is 9.96. The summed E-state index contributed by atoms with van der Waals surface area (Å²) in [5.41, 5.74) is -1.16. The predicted molar refractivity (Wildman–Crippen MR) is 78.1 cm³/mol. The van der Waals surface area contributed by atoms with Crippen LogP contribution in [0.4, 0.5) is 0 Å². The van der Waals surface area contributed by atoms with E-state index in [4.69, 9.17) is 0 Å². The van der Waals surface area contributed by atoms with E-state index < -0.39 is 11.5 Å². The zero-order chi connectivity index (χ0) is 14.3. The molecule has 3 rings (SSSR count). The average Bonchev–Trinajstić information content (AvgIpc) is 3.17. The van der Waals surface area contributed by atoms with Gasteiger partial charge in [-0.2, -0.15) is 0 Å². The monoisotopic (exact) mass is 289 g/mol. The van der Waals surface area contributed by atoms with Crippen LogP contribution in [0.1, 0.15) is 29.4 Å². The van der Waals surface area contributed by atoms with Crippen LogP contribution in [-0.2, 0) is 4.79 Å². The Kier molecular flexibility index (Phi) is 3.01. The summed E-state index contributed by atoms with van der Waals surface area (Å²) in [6.45, 7) is 1.60. The minimum atomic E-state index is -1.16. The van der Waals surface area contributed by atoms with E-state index in [-0.39, 0.29) is 11.8 Å². The van der Waals surface area contributed by atoms with Gasteiger partial charge in [0.15, 0.2) is 0 Å². The van der Waals surface area contributed by atoms with E-state index in [1.807, 2.05) is 30.3 Å². The van der Waals surface area contributed by atoms with E-state index in [0.29, 0.717) is 4.88 Å². The number of carbonyl (C=O) groups is 2. The van der Waals surface area contributed by atoms with Crippen LogP contribution < -0.4 is 5.32 Å². The Morgan fingerprint density at radius 3 is 2.65 bits per heavy atom. The van der Waals surface area contributed by atoms with Crippen molar-refractivity contribution in [1.29, 1.82) is 0 Å². The van der Waals surface area contributed by atoms with Gasteiger partial charge in [0.25, 0.3) is 5.91 Å². The molecule has 104 valence electrons. The fourth-order valence-corrected chi connectivity index (χ4v) is 3.34. The van der Waals surface area contributed by atoms with E-state index in [1.165, 1.54) is 11.3 Å². The molecule has 1 aromatic heterocycles. The van der Waals surface area contributed by atoms with Crippen LogP contribution in [0.3, 0.4) is 0 Å². The topological polar surface area (TPSA) is 66.4 Å². The van der Waals surface area contributed by atoms with Crippen LogP contribution in [0.25, 0.3) is 10.1 Å². The molecule has 2 aromatic rings. The number of hydrogen-bond acceptors (Lipinski definition) is 3. The molecule has 1 atom stereocenters. The van der Waals surface area contributed by atoms with E-state index >= 15 is 0 Å². The van der Waals surface area contributed by atoms with Gasteiger partial charge in [-0.1, -0.05) is 18.2 Å². The normalized spacial score (nSPS) is 17.6. The highest BCUT2D eigenvalue weighted by Crippen LogP contribution is 2.40. The summed E-state index contributed by atoms with van der Waals surface area (Å²) in [5.74, 6) is -1.23. The van der Waals surface area contributed by atoms with E-state index in [0.717, 1.165) is 22.9 Å². The summed E-state index contributed by atoms with van der Waals surface area (Å²) in [6.07, 6.45) is 1.71. The Hall–Kier alpha value is -1.88. The average molecular weight is 289 g/mol. The van der Waals surface area contributed by atoms with Gasteiger partial charge in [0.1, 0.15) is 5.54 Å². The summed E-state index contributed by atoms with van der Waals surface area (Å²) in [6, 6.07) is 9.55. The Balaban J connectivity index is 1.86. The summed E-state index contributed by atoms with van der Waals surface area (Å²) in [4.78, 5) is 24.3. The fourth-order valence-electron chi connectivity index (χ4n) is 2.38. The van der Waals surface area contributed by atoms with Crippen molar-refractivity contribution in [3.8, 4) is 0 Å². The Labute approximate surface area is 120 Å². The first-order chi connectivity index (χ1) is 9.50. The largest absolute Gasteiger partial charge is 0.480 e. The number of carbonyl (C=O) groups excluding carboxylic acids is 1. The molecule has 0 spiro atoms. The molecule has 1 aliphatic rings. The molecule has 4 nitrogen and oxygen atoms in total. The maximum Gasteiger partial charge on any atom is 0.329 e. The SMILES string of the molecule is CC(NC(=O)c1cc2ccccc2s1)(C(=O)O)C1CC1. The smallest absolute Gasteiger partial charge is 0.329 e. The molecule has 1 saturated carbocycles. The lowest BCUT2D eigenvalue weighted by Gasteiger charge is -2.25. The van der Waals surface area contributed by atoms with Crippen molar-refractivity contribution < 1.29 is 14.7 Å². The van der Waals surface area contributed by atoms with Crippen molar-refractivity contribution in [3.05, 3.63) is 35.2 Å². The van der Waals surface area contributed by atoms with Crippen molar-refractivity contribution in [2.24, 2.45) is 5.92 Å². The molecule has 0 bridgehead atoms. The first-order valence-electron chi connectivity index (χ1n) is 6.55. The number of amides is 1. The quantitative estimate of drug-likeness (QED) is 0.909. The number of fused-ring (bicyclic) bond motifs is 1. The minimum absolute atomic E-state index is 0.0401. The number of hydrogen-bond donors (Lipinski definition) is 2. The molecule has 2 N–H and O–H groups in total. The highest BCUT2D eigenvalue weighted by Gasteiger charge is 2.48. The molecule has 1 heterocycles. The second-order valence-corrected chi connectivity index (χ2v) is 6.47. The van der Waals surface area contributed by atoms with E-state index in [1.54, 1.807) is 6.92 Å². The first kappa shape index (κ1) is 13.1. The van der Waals surface area contributed by atoms with Crippen LogP contribution in [0.15, 0.2) is 30.3 Å². The third-order valence-electron chi connectivity index (χ3n) is 3.86. The minimum Gasteiger partial charge on any atom is -0.480 e. The molecule has 1 aromatic carbocycles. The van der Waals surface area contributed by atoms with Gasteiger partial charge in [0, 0.05) is 4.70 Å². The lowest BCUT2D eigenvalue weighted by molar-refractivity contribution is -0.144. The summed E-state index contributed by atoms with van der Waals surface area (Å²) < 4.78 is 1.03. The van der Waals surface area contributed by atoms with Crippen molar-refractivity contribution >= 4 is 33.3 Å². The second kappa shape index (κ2) is 4.59. The van der Waals surface area contributed by atoms with Crippen LogP contribution in [0.5, 0.6) is 0 Å². The summed E-state index contributed by atoms with van der Waals surface area (Å²) >= 11 is 1.38. The number of carboxylic acid groups (broad SMARTS) is 1. The Morgan fingerprint density at radius 2 is 2.05 bits per heavy atom. The number of rotatable bonds is 4. The molecular weight excluding hydrogens is 274 g/mol. The van der Waals surface area contributed by atoms with Crippen LogP contribution >= 0.6 is 11.3 Å². The summed E-state index contributed by atoms with van der Waals surface area (Å²) in [5, 5.41) is 13.1. The third-order valence-corrected chi connectivity index (χ3v) is 4.98. The van der Waals surface area contributed by atoms with Gasteiger partial charge >= 0.3 is 5.97 Å². The number of thiophene rings is 1.